The van der Waals surface area contributed by atoms with Crippen LogP contribution in [0.15, 0.2) is 24.3 Å². The monoisotopic (exact) mass is 176 g/mol. The van der Waals surface area contributed by atoms with Crippen LogP contribution in [0.2, 0.25) is 0 Å². The van der Waals surface area contributed by atoms with Crippen molar-refractivity contribution in [3.8, 4) is 0 Å². The summed E-state index contributed by atoms with van der Waals surface area (Å²) in [6.07, 6.45) is 2.71. The third kappa shape index (κ3) is 1.18. The Hall–Kier alpha value is -1.77. The number of rotatable bonds is 0. The molecule has 13 heavy (non-hydrogen) atoms. The maximum absolute atomic E-state index is 12.7. The summed E-state index contributed by atoms with van der Waals surface area (Å²) in [6, 6.07) is 3.82. The van der Waals surface area contributed by atoms with Crippen molar-refractivity contribution in [2.24, 2.45) is 0 Å². The van der Waals surface area contributed by atoms with Crippen LogP contribution < -0.4 is 0 Å². The van der Waals surface area contributed by atoms with Crippen molar-refractivity contribution in [2.45, 2.75) is 0 Å². The van der Waals surface area contributed by atoms with Crippen molar-refractivity contribution in [1.29, 1.82) is 0 Å². The second-order valence-corrected chi connectivity index (χ2v) is 2.76. The molecule has 0 amide bonds. The number of fused-ring (bicyclic) bond motifs is 1. The van der Waals surface area contributed by atoms with E-state index >= 15 is 0 Å². The second-order valence-electron chi connectivity index (χ2n) is 2.76. The first kappa shape index (κ1) is 7.86. The number of allylic oxidation sites excluding steroid dienone is 1. The van der Waals surface area contributed by atoms with E-state index in [1.54, 1.807) is 0 Å². The molecule has 64 valence electrons. The summed E-state index contributed by atoms with van der Waals surface area (Å²) >= 11 is 0. The minimum Gasteiger partial charge on any atom is -0.286 e. The van der Waals surface area contributed by atoms with Crippen molar-refractivity contribution in [3.63, 3.8) is 0 Å². The van der Waals surface area contributed by atoms with Crippen LogP contribution in [0.5, 0.6) is 0 Å². The average molecular weight is 176 g/mol. The highest BCUT2D eigenvalue weighted by molar-refractivity contribution is 6.49. The van der Waals surface area contributed by atoms with Crippen LogP contribution in [0, 0.1) is 5.82 Å². The van der Waals surface area contributed by atoms with E-state index in [-0.39, 0.29) is 5.56 Å². The molecule has 0 saturated carbocycles. The highest BCUT2D eigenvalue weighted by atomic mass is 19.1. The number of hydrogen-bond donors (Lipinski definition) is 0. The van der Waals surface area contributed by atoms with Crippen LogP contribution in [0.3, 0.4) is 0 Å². The molecule has 2 rings (SSSR count). The van der Waals surface area contributed by atoms with Crippen molar-refractivity contribution >= 4 is 17.6 Å². The van der Waals surface area contributed by atoms with E-state index in [0.29, 0.717) is 5.56 Å². The SMILES string of the molecule is O=C1C=Cc2ccc(F)cc2C1=O. The molecule has 3 heteroatoms. The number of carbonyl (C=O) groups excluding carboxylic acids is 2. The Morgan fingerprint density at radius 3 is 2.62 bits per heavy atom. The van der Waals surface area contributed by atoms with Crippen molar-refractivity contribution in [3.05, 3.63) is 41.2 Å². The summed E-state index contributed by atoms with van der Waals surface area (Å²) in [6.45, 7) is 0. The van der Waals surface area contributed by atoms with E-state index < -0.39 is 17.4 Å². The topological polar surface area (TPSA) is 34.1 Å². The fourth-order valence-corrected chi connectivity index (χ4v) is 1.24. The molecule has 0 spiro atoms. The van der Waals surface area contributed by atoms with Gasteiger partial charge in [-0.3, -0.25) is 9.59 Å². The summed E-state index contributed by atoms with van der Waals surface area (Å²) in [7, 11) is 0. The van der Waals surface area contributed by atoms with Crippen LogP contribution in [0.4, 0.5) is 4.39 Å². The van der Waals surface area contributed by atoms with E-state index in [9.17, 15) is 14.0 Å². The van der Waals surface area contributed by atoms with E-state index in [1.807, 2.05) is 0 Å². The minimum absolute atomic E-state index is 0.146. The lowest BCUT2D eigenvalue weighted by Gasteiger charge is -2.07. The first-order valence-corrected chi connectivity index (χ1v) is 3.75. The molecule has 0 saturated heterocycles. The number of halogens is 1. The predicted octanol–water partition coefficient (Wildman–Crippen LogP) is 1.60. The minimum atomic E-state index is -0.642. The molecule has 0 fully saturated rings. The summed E-state index contributed by atoms with van der Waals surface area (Å²) in [5.41, 5.74) is 0.735. The lowest BCUT2D eigenvalue weighted by molar-refractivity contribution is -0.110. The van der Waals surface area contributed by atoms with Gasteiger partial charge in [0.2, 0.25) is 11.6 Å². The number of ketones is 2. The Morgan fingerprint density at radius 1 is 1.08 bits per heavy atom. The Balaban J connectivity index is 2.67. The van der Waals surface area contributed by atoms with Gasteiger partial charge in [-0.05, 0) is 23.8 Å². The summed E-state index contributed by atoms with van der Waals surface area (Å²) in [5, 5.41) is 0. The molecule has 0 bridgehead atoms. The maximum atomic E-state index is 12.7. The maximum Gasteiger partial charge on any atom is 0.233 e. The van der Waals surface area contributed by atoms with E-state index in [2.05, 4.69) is 0 Å². The first-order valence-electron chi connectivity index (χ1n) is 3.75. The second kappa shape index (κ2) is 2.62. The van der Waals surface area contributed by atoms with Gasteiger partial charge >= 0.3 is 0 Å². The van der Waals surface area contributed by atoms with Gasteiger partial charge in [0.05, 0.1) is 0 Å². The van der Waals surface area contributed by atoms with Gasteiger partial charge < -0.3 is 0 Å². The van der Waals surface area contributed by atoms with Crippen molar-refractivity contribution in [1.82, 2.24) is 0 Å². The van der Waals surface area contributed by atoms with Gasteiger partial charge in [-0.15, -0.1) is 0 Å². The van der Waals surface area contributed by atoms with E-state index in [1.165, 1.54) is 24.3 Å². The Kier molecular flexibility index (Phi) is 1.59. The zero-order chi connectivity index (χ0) is 9.42. The summed E-state index contributed by atoms with van der Waals surface area (Å²) < 4.78 is 12.7. The smallest absolute Gasteiger partial charge is 0.233 e. The summed E-state index contributed by atoms with van der Waals surface area (Å²) in [5.74, 6) is -1.75. The third-order valence-electron chi connectivity index (χ3n) is 1.90. The molecule has 0 N–H and O–H groups in total. The quantitative estimate of drug-likeness (QED) is 0.562. The van der Waals surface area contributed by atoms with Gasteiger partial charge in [-0.2, -0.15) is 0 Å². The zero-order valence-electron chi connectivity index (χ0n) is 6.58. The van der Waals surface area contributed by atoms with Crippen LogP contribution in [0.25, 0.3) is 6.08 Å². The average Bonchev–Trinajstić information content (AvgIpc) is 2.12. The number of hydrogen-bond acceptors (Lipinski definition) is 2. The van der Waals surface area contributed by atoms with Crippen LogP contribution >= 0.6 is 0 Å². The number of benzene rings is 1. The Bertz CT molecular complexity index is 433. The molecule has 1 aromatic carbocycles. The predicted molar refractivity (Wildman–Crippen MR) is 44.8 cm³/mol. The summed E-state index contributed by atoms with van der Waals surface area (Å²) in [4.78, 5) is 22.1. The molecule has 2 nitrogen and oxygen atoms in total. The Morgan fingerprint density at radius 2 is 1.85 bits per heavy atom. The van der Waals surface area contributed by atoms with Gasteiger partial charge in [0, 0.05) is 5.56 Å². The molecule has 0 radical (unpaired) electrons. The van der Waals surface area contributed by atoms with Gasteiger partial charge in [0.1, 0.15) is 5.82 Å². The zero-order valence-corrected chi connectivity index (χ0v) is 6.58. The molecule has 1 aliphatic rings. The first-order chi connectivity index (χ1) is 6.18. The van der Waals surface area contributed by atoms with Gasteiger partial charge in [0.25, 0.3) is 0 Å². The molecule has 0 heterocycles. The molecule has 0 atom stereocenters. The lowest BCUT2D eigenvalue weighted by atomic mass is 9.95. The Labute approximate surface area is 73.7 Å². The lowest BCUT2D eigenvalue weighted by Crippen LogP contribution is -2.16. The van der Waals surface area contributed by atoms with Gasteiger partial charge in [-0.1, -0.05) is 12.1 Å². The number of Topliss-reactive ketones (excluding diaryl/α,β-unsaturated/α-hetero) is 1. The fraction of sp³-hybridized carbons (Fsp3) is 0. The fourth-order valence-electron chi connectivity index (χ4n) is 1.24. The molecular weight excluding hydrogens is 171 g/mol. The highest BCUT2D eigenvalue weighted by Crippen LogP contribution is 2.18. The highest BCUT2D eigenvalue weighted by Gasteiger charge is 2.20. The normalized spacial score (nSPS) is 14.5. The van der Waals surface area contributed by atoms with Crippen molar-refractivity contribution in [2.75, 3.05) is 0 Å². The van der Waals surface area contributed by atoms with Crippen LogP contribution in [-0.2, 0) is 4.79 Å². The van der Waals surface area contributed by atoms with Gasteiger partial charge in [0.15, 0.2) is 0 Å². The molecular formula is C10H5FO2. The van der Waals surface area contributed by atoms with Crippen LogP contribution in [0.1, 0.15) is 15.9 Å². The van der Waals surface area contributed by atoms with Crippen LogP contribution in [-0.4, -0.2) is 11.6 Å². The van der Waals surface area contributed by atoms with Crippen molar-refractivity contribution < 1.29 is 14.0 Å². The largest absolute Gasteiger partial charge is 0.286 e. The molecule has 1 aromatic rings. The third-order valence-corrected chi connectivity index (χ3v) is 1.90. The van der Waals surface area contributed by atoms with E-state index in [4.69, 9.17) is 0 Å². The molecule has 0 aliphatic heterocycles. The van der Waals surface area contributed by atoms with Gasteiger partial charge in [-0.25, -0.2) is 4.39 Å². The molecule has 1 aliphatic carbocycles. The molecule has 0 aromatic heterocycles. The van der Waals surface area contributed by atoms with E-state index in [0.717, 1.165) is 6.07 Å². The molecule has 0 unspecified atom stereocenters. The number of carbonyl (C=O) groups is 2. The standard InChI is InChI=1S/C10H5FO2/c11-7-3-1-6-2-4-9(12)10(13)8(6)5-7/h1-5H.